The lowest BCUT2D eigenvalue weighted by atomic mass is 10.2. The summed E-state index contributed by atoms with van der Waals surface area (Å²) in [7, 11) is 0. The van der Waals surface area contributed by atoms with E-state index in [9.17, 15) is 10.1 Å². The number of nitrogens with two attached hydrogens (primary N) is 1. The van der Waals surface area contributed by atoms with E-state index in [1.54, 1.807) is 18.2 Å². The highest BCUT2D eigenvalue weighted by molar-refractivity contribution is 7.98. The van der Waals surface area contributed by atoms with Crippen molar-refractivity contribution in [3.05, 3.63) is 39.9 Å². The third-order valence-corrected chi connectivity index (χ3v) is 2.92. The second-order valence-electron chi connectivity index (χ2n) is 3.18. The van der Waals surface area contributed by atoms with Crippen LogP contribution in [0.4, 0.5) is 11.6 Å². The Kier molecular flexibility index (Phi) is 3.24. The number of nitro benzene ring substituents is 1. The van der Waals surface area contributed by atoms with E-state index in [4.69, 9.17) is 5.73 Å². The van der Waals surface area contributed by atoms with E-state index in [1.165, 1.54) is 17.8 Å². The Balaban J connectivity index is 2.11. The molecule has 0 atom stereocenters. The van der Waals surface area contributed by atoms with Crippen LogP contribution in [0.15, 0.2) is 29.4 Å². The molecule has 0 fully saturated rings. The summed E-state index contributed by atoms with van der Waals surface area (Å²) in [6.45, 7) is 0. The topological polar surface area (TPSA) is 111 Å². The number of aromatic nitrogens is 3. The minimum Gasteiger partial charge on any atom is -0.368 e. The number of nitrogens with zero attached hydrogens (tertiary/aromatic N) is 3. The Morgan fingerprint density at radius 2 is 2.24 bits per heavy atom. The van der Waals surface area contributed by atoms with Crippen LogP contribution in [0.3, 0.4) is 0 Å². The molecule has 0 spiro atoms. The monoisotopic (exact) mass is 251 g/mol. The number of hydrogen-bond donors (Lipinski definition) is 2. The number of para-hydroxylation sites is 1. The normalized spacial score (nSPS) is 10.4. The van der Waals surface area contributed by atoms with Crippen LogP contribution < -0.4 is 5.73 Å². The molecule has 1 aromatic carbocycles. The number of anilines is 1. The Labute approximate surface area is 101 Å². The summed E-state index contributed by atoms with van der Waals surface area (Å²) in [5, 5.41) is 17.6. The molecule has 0 saturated heterocycles. The third kappa shape index (κ3) is 2.72. The number of nitrogens with one attached hydrogen (secondary N) is 1. The van der Waals surface area contributed by atoms with Crippen molar-refractivity contribution in [1.82, 2.24) is 15.2 Å². The van der Waals surface area contributed by atoms with Gasteiger partial charge in [0.1, 0.15) is 0 Å². The van der Waals surface area contributed by atoms with Gasteiger partial charge in [-0.25, -0.2) is 5.10 Å². The van der Waals surface area contributed by atoms with E-state index in [-0.39, 0.29) is 11.6 Å². The van der Waals surface area contributed by atoms with Crippen LogP contribution in [-0.4, -0.2) is 20.1 Å². The summed E-state index contributed by atoms with van der Waals surface area (Å²) in [6, 6.07) is 6.58. The van der Waals surface area contributed by atoms with Crippen molar-refractivity contribution in [3.8, 4) is 0 Å². The molecule has 0 aliphatic carbocycles. The van der Waals surface area contributed by atoms with E-state index in [0.717, 1.165) is 0 Å². The number of nitro groups is 1. The van der Waals surface area contributed by atoms with Crippen molar-refractivity contribution in [2.45, 2.75) is 10.9 Å². The zero-order valence-electron chi connectivity index (χ0n) is 8.66. The van der Waals surface area contributed by atoms with Crippen molar-refractivity contribution in [3.63, 3.8) is 0 Å². The van der Waals surface area contributed by atoms with Gasteiger partial charge in [-0.3, -0.25) is 10.1 Å². The van der Waals surface area contributed by atoms with Gasteiger partial charge >= 0.3 is 0 Å². The van der Waals surface area contributed by atoms with E-state index >= 15 is 0 Å². The van der Waals surface area contributed by atoms with E-state index in [0.29, 0.717) is 16.5 Å². The lowest BCUT2D eigenvalue weighted by molar-refractivity contribution is -0.385. The summed E-state index contributed by atoms with van der Waals surface area (Å²) in [5.74, 6) is 0.657. The molecule has 2 rings (SSSR count). The first-order valence-corrected chi connectivity index (χ1v) is 5.68. The van der Waals surface area contributed by atoms with E-state index in [2.05, 4.69) is 15.2 Å². The minimum absolute atomic E-state index is 0.100. The number of thioether (sulfide) groups is 1. The zero-order chi connectivity index (χ0) is 12.3. The lowest BCUT2D eigenvalue weighted by Crippen LogP contribution is -1.93. The predicted molar refractivity (Wildman–Crippen MR) is 63.5 cm³/mol. The SMILES string of the molecule is Nc1nc(SCc2ccccc2[N+](=O)[O-])n[nH]1. The molecule has 0 bridgehead atoms. The second kappa shape index (κ2) is 4.83. The lowest BCUT2D eigenvalue weighted by Gasteiger charge is -1.99. The van der Waals surface area contributed by atoms with Gasteiger partial charge in [0, 0.05) is 17.4 Å². The van der Waals surface area contributed by atoms with Crippen molar-refractivity contribution in [2.24, 2.45) is 0 Å². The smallest absolute Gasteiger partial charge is 0.273 e. The summed E-state index contributed by atoms with van der Waals surface area (Å²) in [6.07, 6.45) is 0. The molecule has 3 N–H and O–H groups in total. The first-order chi connectivity index (χ1) is 8.16. The highest BCUT2D eigenvalue weighted by atomic mass is 32.2. The van der Waals surface area contributed by atoms with Crippen LogP contribution >= 0.6 is 11.8 Å². The highest BCUT2D eigenvalue weighted by Gasteiger charge is 2.13. The maximum atomic E-state index is 10.8. The van der Waals surface area contributed by atoms with E-state index < -0.39 is 4.92 Å². The molecule has 7 nitrogen and oxygen atoms in total. The van der Waals surface area contributed by atoms with Gasteiger partial charge in [0.25, 0.3) is 5.69 Å². The molecule has 88 valence electrons. The van der Waals surface area contributed by atoms with Crippen molar-refractivity contribution in [2.75, 3.05) is 5.73 Å². The molecular formula is C9H9N5O2S. The van der Waals surface area contributed by atoms with Gasteiger partial charge in [-0.1, -0.05) is 30.0 Å². The van der Waals surface area contributed by atoms with E-state index in [1.807, 2.05) is 0 Å². The fraction of sp³-hybridized carbons (Fsp3) is 0.111. The molecule has 1 heterocycles. The van der Waals surface area contributed by atoms with Gasteiger partial charge in [0.05, 0.1) is 4.92 Å². The number of hydrogen-bond acceptors (Lipinski definition) is 6. The van der Waals surface area contributed by atoms with Crippen molar-refractivity contribution < 1.29 is 4.92 Å². The summed E-state index contributed by atoms with van der Waals surface area (Å²) in [4.78, 5) is 14.3. The van der Waals surface area contributed by atoms with Crippen LogP contribution in [0, 0.1) is 10.1 Å². The molecule has 1 aromatic heterocycles. The van der Waals surface area contributed by atoms with Crippen LogP contribution in [0.25, 0.3) is 0 Å². The Morgan fingerprint density at radius 3 is 2.88 bits per heavy atom. The quantitative estimate of drug-likeness (QED) is 0.485. The van der Waals surface area contributed by atoms with Crippen LogP contribution in [-0.2, 0) is 5.75 Å². The predicted octanol–water partition coefficient (Wildman–Crippen LogP) is 1.59. The van der Waals surface area contributed by atoms with Gasteiger partial charge in [-0.05, 0) is 0 Å². The maximum Gasteiger partial charge on any atom is 0.273 e. The van der Waals surface area contributed by atoms with Gasteiger partial charge in [-0.2, -0.15) is 4.98 Å². The molecule has 0 aliphatic rings. The summed E-state index contributed by atoms with van der Waals surface area (Å²) < 4.78 is 0. The molecule has 17 heavy (non-hydrogen) atoms. The fourth-order valence-corrected chi connectivity index (χ4v) is 2.08. The van der Waals surface area contributed by atoms with Crippen LogP contribution in [0.2, 0.25) is 0 Å². The first-order valence-electron chi connectivity index (χ1n) is 4.70. The van der Waals surface area contributed by atoms with Crippen molar-refractivity contribution in [1.29, 1.82) is 0 Å². The fourth-order valence-electron chi connectivity index (χ4n) is 1.28. The molecular weight excluding hydrogens is 242 g/mol. The minimum atomic E-state index is -0.401. The highest BCUT2D eigenvalue weighted by Crippen LogP contribution is 2.25. The van der Waals surface area contributed by atoms with Gasteiger partial charge < -0.3 is 5.73 Å². The maximum absolute atomic E-state index is 10.8. The molecule has 0 amide bonds. The standard InChI is InChI=1S/C9H9N5O2S/c10-8-11-9(13-12-8)17-5-6-3-1-2-4-7(6)14(15)16/h1-4H,5H2,(H3,10,11,12,13). The summed E-state index contributed by atoms with van der Waals surface area (Å²) in [5.41, 5.74) is 6.11. The van der Waals surface area contributed by atoms with Gasteiger partial charge in [0.2, 0.25) is 11.1 Å². The molecule has 2 aromatic rings. The van der Waals surface area contributed by atoms with Gasteiger partial charge in [0.15, 0.2) is 0 Å². The number of H-pyrrole nitrogens is 1. The molecule has 0 aliphatic heterocycles. The average Bonchev–Trinajstić information content (AvgIpc) is 2.73. The first kappa shape index (κ1) is 11.4. The summed E-state index contributed by atoms with van der Waals surface area (Å²) >= 11 is 1.29. The molecule has 0 saturated carbocycles. The molecule has 0 unspecified atom stereocenters. The number of aromatic amines is 1. The van der Waals surface area contributed by atoms with Crippen molar-refractivity contribution >= 4 is 23.4 Å². The Morgan fingerprint density at radius 1 is 1.47 bits per heavy atom. The Hall–Kier alpha value is -2.09. The second-order valence-corrected chi connectivity index (χ2v) is 4.12. The largest absolute Gasteiger partial charge is 0.368 e. The number of rotatable bonds is 4. The zero-order valence-corrected chi connectivity index (χ0v) is 9.48. The molecule has 8 heteroatoms. The van der Waals surface area contributed by atoms with Crippen LogP contribution in [0.1, 0.15) is 5.56 Å². The number of nitrogen functional groups attached to an aromatic ring is 1. The molecule has 0 radical (unpaired) electrons. The number of benzene rings is 1. The van der Waals surface area contributed by atoms with Gasteiger partial charge in [-0.15, -0.1) is 5.10 Å². The Bertz CT molecular complexity index is 542. The average molecular weight is 251 g/mol. The van der Waals surface area contributed by atoms with Crippen LogP contribution in [0.5, 0.6) is 0 Å². The third-order valence-electron chi connectivity index (χ3n) is 2.03.